The quantitative estimate of drug-likeness (QED) is 0.445. The minimum absolute atomic E-state index is 0.0595. The lowest BCUT2D eigenvalue weighted by atomic mass is 10.0. The molecular formula is C23H19Cl2N3O2. The van der Waals surface area contributed by atoms with Crippen molar-refractivity contribution in [3.05, 3.63) is 105 Å². The number of nitrogens with one attached hydrogen (secondary N) is 1. The van der Waals surface area contributed by atoms with Gasteiger partial charge in [0.25, 0.3) is 11.8 Å². The second-order valence-electron chi connectivity index (χ2n) is 6.63. The van der Waals surface area contributed by atoms with Gasteiger partial charge < -0.3 is 11.1 Å². The van der Waals surface area contributed by atoms with Gasteiger partial charge in [-0.25, -0.2) is 0 Å². The molecule has 0 radical (unpaired) electrons. The maximum absolute atomic E-state index is 13.0. The van der Waals surface area contributed by atoms with E-state index in [-0.39, 0.29) is 5.84 Å². The molecule has 1 unspecified atom stereocenters. The van der Waals surface area contributed by atoms with E-state index < -0.39 is 17.9 Å². The van der Waals surface area contributed by atoms with Gasteiger partial charge in [-0.2, -0.15) is 4.99 Å². The fourth-order valence-corrected chi connectivity index (χ4v) is 3.15. The monoisotopic (exact) mass is 439 g/mol. The SMILES string of the molecule is Cc1cc(C(=O)NC(C(=O)N=C(N)c2ccccc2)c2cccc(Cl)c2)ccc1Cl. The predicted octanol–water partition coefficient (Wildman–Crippen LogP) is 4.71. The fourth-order valence-electron chi connectivity index (χ4n) is 2.83. The van der Waals surface area contributed by atoms with Crippen molar-refractivity contribution in [1.82, 2.24) is 5.32 Å². The van der Waals surface area contributed by atoms with Crippen LogP contribution in [0.5, 0.6) is 0 Å². The maximum atomic E-state index is 13.0. The molecule has 0 aromatic heterocycles. The molecule has 3 rings (SSSR count). The van der Waals surface area contributed by atoms with Crippen molar-refractivity contribution in [3.63, 3.8) is 0 Å². The van der Waals surface area contributed by atoms with E-state index in [1.807, 2.05) is 6.07 Å². The molecule has 0 saturated carbocycles. The summed E-state index contributed by atoms with van der Waals surface area (Å²) >= 11 is 12.1. The van der Waals surface area contributed by atoms with Gasteiger partial charge in [-0.1, -0.05) is 65.7 Å². The number of rotatable bonds is 5. The highest BCUT2D eigenvalue weighted by molar-refractivity contribution is 6.31. The molecular weight excluding hydrogens is 421 g/mol. The van der Waals surface area contributed by atoms with E-state index in [2.05, 4.69) is 10.3 Å². The number of halogens is 2. The van der Waals surface area contributed by atoms with Crippen molar-refractivity contribution in [3.8, 4) is 0 Å². The average Bonchev–Trinajstić information content (AvgIpc) is 2.74. The largest absolute Gasteiger partial charge is 0.383 e. The molecule has 3 N–H and O–H groups in total. The lowest BCUT2D eigenvalue weighted by Gasteiger charge is -2.17. The van der Waals surface area contributed by atoms with E-state index in [0.717, 1.165) is 5.56 Å². The second-order valence-corrected chi connectivity index (χ2v) is 7.47. The number of hydrogen-bond acceptors (Lipinski definition) is 2. The molecule has 152 valence electrons. The first-order chi connectivity index (χ1) is 14.3. The van der Waals surface area contributed by atoms with Crippen LogP contribution in [-0.2, 0) is 4.79 Å². The Hall–Kier alpha value is -3.15. The van der Waals surface area contributed by atoms with E-state index in [1.165, 1.54) is 0 Å². The summed E-state index contributed by atoms with van der Waals surface area (Å²) in [7, 11) is 0. The summed E-state index contributed by atoms with van der Waals surface area (Å²) < 4.78 is 0. The van der Waals surface area contributed by atoms with Crippen LogP contribution in [0.4, 0.5) is 0 Å². The van der Waals surface area contributed by atoms with Crippen LogP contribution in [-0.4, -0.2) is 17.6 Å². The number of carbonyl (C=O) groups is 2. The molecule has 0 saturated heterocycles. The summed E-state index contributed by atoms with van der Waals surface area (Å²) in [5.41, 5.74) is 8.22. The van der Waals surface area contributed by atoms with Gasteiger partial charge in [0.15, 0.2) is 0 Å². The standard InChI is InChI=1S/C23H19Cl2N3O2/c1-14-12-17(10-11-19(14)25)22(29)27-20(16-8-5-9-18(24)13-16)23(30)28-21(26)15-6-3-2-4-7-15/h2-13,20H,1H3,(H,27,29)(H2,26,28,30). The molecule has 5 nitrogen and oxygen atoms in total. The summed E-state index contributed by atoms with van der Waals surface area (Å²) in [6.45, 7) is 1.80. The van der Waals surface area contributed by atoms with Crippen molar-refractivity contribution in [2.45, 2.75) is 13.0 Å². The van der Waals surface area contributed by atoms with Crippen molar-refractivity contribution in [2.24, 2.45) is 10.7 Å². The highest BCUT2D eigenvalue weighted by Gasteiger charge is 2.24. The molecule has 0 fully saturated rings. The Labute approximate surface area is 184 Å². The third-order valence-corrected chi connectivity index (χ3v) is 5.08. The first kappa shape index (κ1) is 21.6. The number of aryl methyl sites for hydroxylation is 1. The van der Waals surface area contributed by atoms with Gasteiger partial charge in [-0.05, 0) is 48.4 Å². The Kier molecular flexibility index (Phi) is 6.87. The van der Waals surface area contributed by atoms with Crippen LogP contribution < -0.4 is 11.1 Å². The van der Waals surface area contributed by atoms with Crippen molar-refractivity contribution in [2.75, 3.05) is 0 Å². The molecule has 3 aromatic rings. The number of amides is 2. The Morgan fingerprint density at radius 2 is 1.67 bits per heavy atom. The number of benzene rings is 3. The Balaban J connectivity index is 1.93. The number of amidine groups is 1. The van der Waals surface area contributed by atoms with E-state index in [9.17, 15) is 9.59 Å². The number of nitrogens with two attached hydrogens (primary N) is 1. The zero-order valence-electron chi connectivity index (χ0n) is 16.1. The van der Waals surface area contributed by atoms with Crippen LogP contribution in [0.25, 0.3) is 0 Å². The molecule has 7 heteroatoms. The summed E-state index contributed by atoms with van der Waals surface area (Å²) in [6.07, 6.45) is 0. The van der Waals surface area contributed by atoms with Crippen molar-refractivity contribution >= 4 is 40.9 Å². The molecule has 0 aliphatic carbocycles. The van der Waals surface area contributed by atoms with E-state index in [1.54, 1.807) is 73.7 Å². The van der Waals surface area contributed by atoms with Crippen LogP contribution in [0.3, 0.4) is 0 Å². The second kappa shape index (κ2) is 9.57. The first-order valence-corrected chi connectivity index (χ1v) is 9.86. The normalized spacial score (nSPS) is 12.3. The number of aliphatic imine (C=N–C) groups is 1. The Bertz CT molecular complexity index is 1110. The van der Waals surface area contributed by atoms with Gasteiger partial charge in [-0.3, -0.25) is 9.59 Å². The molecule has 2 amide bonds. The predicted molar refractivity (Wildman–Crippen MR) is 120 cm³/mol. The van der Waals surface area contributed by atoms with Crippen LogP contribution in [0, 0.1) is 6.92 Å². The molecule has 0 bridgehead atoms. The highest BCUT2D eigenvalue weighted by Crippen LogP contribution is 2.21. The Morgan fingerprint density at radius 1 is 0.933 bits per heavy atom. The van der Waals surface area contributed by atoms with Crippen LogP contribution in [0.1, 0.15) is 33.1 Å². The molecule has 0 aliphatic rings. The van der Waals surface area contributed by atoms with Gasteiger partial charge in [0.1, 0.15) is 11.9 Å². The lowest BCUT2D eigenvalue weighted by Crippen LogP contribution is -2.34. The van der Waals surface area contributed by atoms with E-state index in [4.69, 9.17) is 28.9 Å². The highest BCUT2D eigenvalue weighted by atomic mass is 35.5. The topological polar surface area (TPSA) is 84.5 Å². The number of hydrogen-bond donors (Lipinski definition) is 2. The van der Waals surface area contributed by atoms with Gasteiger partial charge in [0.2, 0.25) is 0 Å². The summed E-state index contributed by atoms with van der Waals surface area (Å²) in [5, 5.41) is 3.71. The minimum Gasteiger partial charge on any atom is -0.383 e. The molecule has 0 aliphatic heterocycles. The smallest absolute Gasteiger partial charge is 0.274 e. The number of carbonyl (C=O) groups excluding carboxylic acids is 2. The van der Waals surface area contributed by atoms with E-state index >= 15 is 0 Å². The fraction of sp³-hybridized carbons (Fsp3) is 0.0870. The minimum atomic E-state index is -1.06. The maximum Gasteiger partial charge on any atom is 0.274 e. The molecule has 1 atom stereocenters. The molecule has 3 aromatic carbocycles. The van der Waals surface area contributed by atoms with Crippen molar-refractivity contribution in [1.29, 1.82) is 0 Å². The van der Waals surface area contributed by atoms with Crippen LogP contribution in [0.2, 0.25) is 10.0 Å². The molecule has 0 heterocycles. The zero-order valence-corrected chi connectivity index (χ0v) is 17.6. The summed E-state index contributed by atoms with van der Waals surface area (Å²) in [4.78, 5) is 29.8. The zero-order chi connectivity index (χ0) is 21.7. The summed E-state index contributed by atoms with van der Waals surface area (Å²) in [6, 6.07) is 19.4. The third kappa shape index (κ3) is 5.26. The van der Waals surface area contributed by atoms with Crippen LogP contribution in [0.15, 0.2) is 77.8 Å². The van der Waals surface area contributed by atoms with Gasteiger partial charge in [0, 0.05) is 21.2 Å². The molecule has 0 spiro atoms. The van der Waals surface area contributed by atoms with Gasteiger partial charge >= 0.3 is 0 Å². The Morgan fingerprint density at radius 3 is 2.33 bits per heavy atom. The lowest BCUT2D eigenvalue weighted by molar-refractivity contribution is -0.119. The average molecular weight is 440 g/mol. The number of nitrogens with zero attached hydrogens (tertiary/aromatic N) is 1. The first-order valence-electron chi connectivity index (χ1n) is 9.11. The van der Waals surface area contributed by atoms with E-state index in [0.29, 0.717) is 26.7 Å². The van der Waals surface area contributed by atoms with Crippen molar-refractivity contribution < 1.29 is 9.59 Å². The van der Waals surface area contributed by atoms with Gasteiger partial charge in [0.05, 0.1) is 0 Å². The third-order valence-electron chi connectivity index (χ3n) is 4.42. The summed E-state index contributed by atoms with van der Waals surface area (Å²) in [5.74, 6) is -0.997. The van der Waals surface area contributed by atoms with Gasteiger partial charge in [-0.15, -0.1) is 0 Å². The van der Waals surface area contributed by atoms with Crippen LogP contribution >= 0.6 is 23.2 Å². The molecule has 30 heavy (non-hydrogen) atoms.